The van der Waals surface area contributed by atoms with Crippen LogP contribution in [0.25, 0.3) is 164 Å². The molecule has 8 aliphatic heterocycles. The van der Waals surface area contributed by atoms with E-state index in [1.165, 1.54) is 253 Å². The Kier molecular flexibility index (Phi) is 16.0. The van der Waals surface area contributed by atoms with Gasteiger partial charge in [-0.15, -0.1) is 0 Å². The molecule has 0 spiro atoms. The summed E-state index contributed by atoms with van der Waals surface area (Å²) in [6.45, 7) is 0.619. The van der Waals surface area contributed by atoms with Crippen LogP contribution in [0.3, 0.4) is 0 Å². The molecule has 8 heterocycles. The van der Waals surface area contributed by atoms with E-state index in [0.717, 1.165) is 0 Å². The van der Waals surface area contributed by atoms with Crippen molar-refractivity contribution < 1.29 is 0 Å². The number of nitrogens with zero attached hydrogens (tertiary/aromatic N) is 4. The summed E-state index contributed by atoms with van der Waals surface area (Å²) in [5.41, 5.74) is 39.9. The van der Waals surface area contributed by atoms with Crippen molar-refractivity contribution in [2.45, 2.75) is 0 Å². The molecule has 8 aliphatic rings. The van der Waals surface area contributed by atoms with Crippen LogP contribution in [0.15, 0.2) is 461 Å². The van der Waals surface area contributed by atoms with Crippen molar-refractivity contribution in [2.75, 3.05) is 19.2 Å². The van der Waals surface area contributed by atoms with E-state index in [9.17, 15) is 0 Å². The Bertz CT molecular complexity index is 8290. The lowest BCUT2D eigenvalue weighted by Gasteiger charge is -2.43. The maximum absolute atomic E-state index is 2.58. The second-order valence-electron chi connectivity index (χ2n) is 35.9. The number of hydrogen-bond donors (Lipinski definition) is 0. The van der Waals surface area contributed by atoms with Crippen LogP contribution in [0.4, 0.5) is 45.5 Å². The first-order valence-electron chi connectivity index (χ1n) is 45.5. The normalized spacial score (nSPS) is 13.3. The Labute approximate surface area is 755 Å². The van der Waals surface area contributed by atoms with Gasteiger partial charge in [-0.3, -0.25) is 0 Å². The van der Waals surface area contributed by atoms with E-state index in [-0.39, 0.29) is 27.4 Å². The van der Waals surface area contributed by atoms with Crippen molar-refractivity contribution in [3.8, 4) is 77.9 Å². The molecular weight excluding hydrogens is 1560 g/mol. The van der Waals surface area contributed by atoms with Crippen molar-refractivity contribution in [3.05, 3.63) is 461 Å². The molecule has 0 fully saturated rings. The molecule has 0 unspecified atom stereocenters. The van der Waals surface area contributed by atoms with E-state index >= 15 is 0 Å². The maximum atomic E-state index is 2.58. The number of para-hydroxylation sites is 4. The average Bonchev–Trinajstić information content (AvgIpc) is 0.706. The summed E-state index contributed by atoms with van der Waals surface area (Å²) in [6, 6.07) is 170. The number of hydrogen-bond acceptors (Lipinski definition) is 4. The predicted molar refractivity (Wildman–Crippen MR) is 558 cm³/mol. The highest BCUT2D eigenvalue weighted by atomic mass is 15.1. The van der Waals surface area contributed by atoms with Crippen LogP contribution in [-0.4, -0.2) is 27.4 Å². The molecule has 0 bridgehead atoms. The molecule has 130 heavy (non-hydrogen) atoms. The van der Waals surface area contributed by atoms with Gasteiger partial charge in [-0.25, -0.2) is 0 Å². The third-order valence-electron chi connectivity index (χ3n) is 29.2. The maximum Gasteiger partial charge on any atom is 0.329 e. The lowest BCUT2D eigenvalue weighted by atomic mass is 9.43. The smallest absolute Gasteiger partial charge is 0.329 e. The molecule has 23 aromatic rings. The van der Waals surface area contributed by atoms with Gasteiger partial charge in [-0.2, -0.15) is 0 Å². The topological polar surface area (TPSA) is 13.0 Å². The van der Waals surface area contributed by atoms with Crippen LogP contribution >= 0.6 is 0 Å². The summed E-state index contributed by atoms with van der Waals surface area (Å²) in [5.74, 6) is 0. The number of rotatable bonds is 0. The van der Waals surface area contributed by atoms with E-state index in [4.69, 9.17) is 0 Å². The summed E-state index contributed by atoms with van der Waals surface area (Å²) in [6.07, 6.45) is 0. The summed E-state index contributed by atoms with van der Waals surface area (Å²) in [4.78, 5) is 10.3. The lowest BCUT2D eigenvalue weighted by molar-refractivity contribution is 1.36. The zero-order chi connectivity index (χ0) is 84.9. The lowest BCUT2D eigenvalue weighted by Crippen LogP contribution is -2.59. The Morgan fingerprint density at radius 2 is 0.377 bits per heavy atom. The highest BCUT2D eigenvalue weighted by Crippen LogP contribution is 2.54. The number of anilines is 8. The van der Waals surface area contributed by atoms with Gasteiger partial charge in [-0.05, 0) is 242 Å². The van der Waals surface area contributed by atoms with Crippen LogP contribution in [0.5, 0.6) is 0 Å². The first-order valence-corrected chi connectivity index (χ1v) is 45.5. The first-order chi connectivity index (χ1) is 64.5. The first kappa shape index (κ1) is 72.9. The molecule has 31 rings (SSSR count). The van der Waals surface area contributed by atoms with Gasteiger partial charge in [0.1, 0.15) is 0 Å². The molecule has 0 aromatic heterocycles. The van der Waals surface area contributed by atoms with Crippen molar-refractivity contribution >= 4 is 203 Å². The molecule has 0 amide bonds. The molecule has 0 saturated heterocycles. The average molecular weight is 1640 g/mol. The van der Waals surface area contributed by atoms with E-state index < -0.39 is 0 Å². The molecule has 0 N–H and O–H groups in total. The molecule has 23 aromatic carbocycles. The van der Waals surface area contributed by atoms with Gasteiger partial charge in [0.15, 0.2) is 0 Å². The fourth-order valence-electron chi connectivity index (χ4n) is 23.7. The highest BCUT2D eigenvalue weighted by molar-refractivity contribution is 6.95. The van der Waals surface area contributed by atoms with Gasteiger partial charge in [0.05, 0.1) is 0 Å². The molecular formula is C122H76B4N4. The van der Waals surface area contributed by atoms with Crippen molar-refractivity contribution in [2.24, 2.45) is 0 Å². The van der Waals surface area contributed by atoms with Crippen molar-refractivity contribution in [1.29, 1.82) is 0 Å². The summed E-state index contributed by atoms with van der Waals surface area (Å²) >= 11 is 0. The van der Waals surface area contributed by atoms with Gasteiger partial charge in [0, 0.05) is 89.8 Å². The van der Waals surface area contributed by atoms with E-state index in [1.54, 1.807) is 0 Å². The molecule has 8 heteroatoms. The van der Waals surface area contributed by atoms with E-state index in [1.807, 2.05) is 0 Å². The number of benzene rings is 23. The molecule has 0 saturated carbocycles. The third-order valence-corrected chi connectivity index (χ3v) is 29.2. The summed E-state index contributed by atoms with van der Waals surface area (Å²) in [5, 5.41) is 20.9. The Morgan fingerprint density at radius 1 is 0.123 bits per heavy atom. The molecule has 0 aliphatic carbocycles. The minimum Gasteiger partial charge on any atom is -0.376 e. The highest BCUT2D eigenvalue weighted by Gasteiger charge is 2.48. The van der Waals surface area contributed by atoms with Gasteiger partial charge in [0.2, 0.25) is 0 Å². The standard InChI is InChI=1S/3C32H20BN.C26H16BN/c1-3-11-23-19-30-27(17-21(23)9-1)26-14-6-8-16-31(26)34-32-20-24-12-4-2-10-22(24)18-28(32)25-13-5-7-15-29(25)33(30)34;1-3-11-23-19-30-27(17-21(23)9-1)28-18-22-10-2-4-12-24(22)20-32(28)34-31-16-8-6-14-26(31)25-13-5-7-15-29(25)33(30)34;1-2-11-23-20-31-27(19-22(23)10-1)32-24-12-4-3-9-21(24)17-18-29(32)33-28-15-7-5-13-25(28)26-14-6-8-16-30(26)34(31)33;1-3-11-21-19(9-1)20-10-2-4-13-23(20)28-24-14-6-8-18-16-15-17-7-5-12-22(27(21)28)25(17)26(18)24/h3*1-20H;1-16H. The zero-order valence-electron chi connectivity index (χ0n) is 71.0. The SMILES string of the molecule is c1ccc2c(c1)B1c3cc4ccccc4cc3-c3cc4ccccc4cc3N1c1ccccc1-2.c1ccc2c(c1)B1c3cc4ccccc4cc3-c3ccccc3N1c1cc3ccccc3cc1-2.c1ccc2c(c1)B1c3ccc4ccccc4c3-c3cc4ccccc4cc3N1c1ccccc1-2.c1ccc2c(c1)B1c3cccc4ccc5cccc(c5c34)N1c1ccccc1-2. The fraction of sp³-hybridized carbons (Fsp3) is 0. The summed E-state index contributed by atoms with van der Waals surface area (Å²) < 4.78 is 0. The number of fused-ring (bicyclic) bond motifs is 48. The fourth-order valence-corrected chi connectivity index (χ4v) is 23.7. The predicted octanol–water partition coefficient (Wildman–Crippen LogP) is 25.9. The Morgan fingerprint density at radius 3 is 0.815 bits per heavy atom. The monoisotopic (exact) mass is 1640 g/mol. The van der Waals surface area contributed by atoms with Gasteiger partial charge >= 0.3 is 27.4 Å². The van der Waals surface area contributed by atoms with Crippen LogP contribution in [0.1, 0.15) is 0 Å². The van der Waals surface area contributed by atoms with E-state index in [0.29, 0.717) is 0 Å². The molecule has 0 radical (unpaired) electrons. The molecule has 0 atom stereocenters. The van der Waals surface area contributed by atoms with E-state index in [2.05, 4.69) is 480 Å². The summed E-state index contributed by atoms with van der Waals surface area (Å²) in [7, 11) is 0. The third kappa shape index (κ3) is 10.8. The van der Waals surface area contributed by atoms with Crippen LogP contribution < -0.4 is 62.9 Å². The Balaban J connectivity index is 0.0000000874. The van der Waals surface area contributed by atoms with Crippen molar-refractivity contribution in [3.63, 3.8) is 0 Å². The van der Waals surface area contributed by atoms with Crippen LogP contribution in [-0.2, 0) is 0 Å². The Hall–Kier alpha value is -16.4. The van der Waals surface area contributed by atoms with Gasteiger partial charge < -0.3 is 19.2 Å². The minimum atomic E-state index is 0.138. The zero-order valence-corrected chi connectivity index (χ0v) is 71.0. The van der Waals surface area contributed by atoms with Crippen LogP contribution in [0.2, 0.25) is 0 Å². The van der Waals surface area contributed by atoms with Gasteiger partial charge in [-0.1, -0.05) is 382 Å². The largest absolute Gasteiger partial charge is 0.376 e. The van der Waals surface area contributed by atoms with Crippen molar-refractivity contribution in [1.82, 2.24) is 0 Å². The van der Waals surface area contributed by atoms with Gasteiger partial charge in [0.25, 0.3) is 0 Å². The van der Waals surface area contributed by atoms with Crippen LogP contribution in [0, 0.1) is 0 Å². The quantitative estimate of drug-likeness (QED) is 0.111. The second kappa shape index (κ2) is 28.6. The second-order valence-corrected chi connectivity index (χ2v) is 35.9. The molecule has 596 valence electrons. The molecule has 4 nitrogen and oxygen atoms in total. The minimum absolute atomic E-state index is 0.138.